The summed E-state index contributed by atoms with van der Waals surface area (Å²) in [5.74, 6) is 1.79. The Morgan fingerprint density at radius 2 is 2.41 bits per heavy atom. The Kier molecular flexibility index (Phi) is 2.79. The molecular formula is C11H13N5O. The van der Waals surface area contributed by atoms with Gasteiger partial charge in [-0.1, -0.05) is 5.16 Å². The molecule has 1 unspecified atom stereocenters. The molecule has 2 aromatic heterocycles. The summed E-state index contributed by atoms with van der Waals surface area (Å²) in [6, 6.07) is 0. The molecule has 1 aliphatic rings. The Balaban J connectivity index is 1.74. The maximum Gasteiger partial charge on any atom is 0.227 e. The zero-order valence-corrected chi connectivity index (χ0v) is 9.33. The van der Waals surface area contributed by atoms with Crippen molar-refractivity contribution < 1.29 is 4.52 Å². The van der Waals surface area contributed by atoms with Crippen LogP contribution in [0.3, 0.4) is 0 Å². The van der Waals surface area contributed by atoms with Crippen LogP contribution in [0.4, 0.5) is 0 Å². The third kappa shape index (κ3) is 2.31. The summed E-state index contributed by atoms with van der Waals surface area (Å²) >= 11 is 0. The van der Waals surface area contributed by atoms with Crippen molar-refractivity contribution in [2.75, 3.05) is 13.1 Å². The van der Waals surface area contributed by atoms with Crippen LogP contribution < -0.4 is 5.32 Å². The second-order valence-electron chi connectivity index (χ2n) is 4.17. The van der Waals surface area contributed by atoms with Crippen molar-refractivity contribution in [1.82, 2.24) is 25.4 Å². The highest BCUT2D eigenvalue weighted by atomic mass is 16.5. The van der Waals surface area contributed by atoms with Gasteiger partial charge in [-0.3, -0.25) is 4.98 Å². The molecule has 3 heterocycles. The Morgan fingerprint density at radius 1 is 1.41 bits per heavy atom. The second kappa shape index (κ2) is 4.58. The average molecular weight is 231 g/mol. The molecule has 0 saturated carbocycles. The lowest BCUT2D eigenvalue weighted by Gasteiger charge is -2.01. The van der Waals surface area contributed by atoms with Gasteiger partial charge in [0.1, 0.15) is 5.69 Å². The molecule has 88 valence electrons. The van der Waals surface area contributed by atoms with E-state index in [4.69, 9.17) is 4.52 Å². The molecule has 6 nitrogen and oxygen atoms in total. The SMILES string of the molecule is c1cnc(-c2noc(CC3CCNC3)n2)cn1. The van der Waals surface area contributed by atoms with E-state index in [9.17, 15) is 0 Å². The fraction of sp³-hybridized carbons (Fsp3) is 0.455. The smallest absolute Gasteiger partial charge is 0.227 e. The minimum absolute atomic E-state index is 0.513. The molecule has 1 aliphatic heterocycles. The highest BCUT2D eigenvalue weighted by Crippen LogP contribution is 2.16. The van der Waals surface area contributed by atoms with Crippen molar-refractivity contribution in [3.05, 3.63) is 24.5 Å². The zero-order valence-electron chi connectivity index (χ0n) is 9.33. The van der Waals surface area contributed by atoms with Crippen molar-refractivity contribution in [2.24, 2.45) is 5.92 Å². The average Bonchev–Trinajstić information content (AvgIpc) is 3.02. The van der Waals surface area contributed by atoms with Crippen molar-refractivity contribution in [3.8, 4) is 11.5 Å². The maximum absolute atomic E-state index is 5.22. The molecule has 17 heavy (non-hydrogen) atoms. The van der Waals surface area contributed by atoms with Gasteiger partial charge in [0.05, 0.1) is 6.20 Å². The molecule has 0 spiro atoms. The normalized spacial score (nSPS) is 19.6. The van der Waals surface area contributed by atoms with Gasteiger partial charge in [0, 0.05) is 18.8 Å². The Morgan fingerprint density at radius 3 is 3.18 bits per heavy atom. The Labute approximate surface area is 98.5 Å². The number of hydrogen-bond acceptors (Lipinski definition) is 6. The Hall–Kier alpha value is -1.82. The van der Waals surface area contributed by atoms with Crippen LogP contribution in [0.2, 0.25) is 0 Å². The van der Waals surface area contributed by atoms with Gasteiger partial charge >= 0.3 is 0 Å². The van der Waals surface area contributed by atoms with Crippen LogP contribution in [0.5, 0.6) is 0 Å². The van der Waals surface area contributed by atoms with E-state index in [2.05, 4.69) is 25.4 Å². The van der Waals surface area contributed by atoms with Gasteiger partial charge in [-0.05, 0) is 25.4 Å². The van der Waals surface area contributed by atoms with Crippen LogP contribution in [0.1, 0.15) is 12.3 Å². The van der Waals surface area contributed by atoms with Crippen molar-refractivity contribution in [2.45, 2.75) is 12.8 Å². The lowest BCUT2D eigenvalue weighted by molar-refractivity contribution is 0.358. The van der Waals surface area contributed by atoms with Crippen LogP contribution >= 0.6 is 0 Å². The first-order valence-electron chi connectivity index (χ1n) is 5.71. The summed E-state index contributed by atoms with van der Waals surface area (Å²) in [7, 11) is 0. The number of nitrogens with zero attached hydrogens (tertiary/aromatic N) is 4. The van der Waals surface area contributed by atoms with Crippen molar-refractivity contribution in [1.29, 1.82) is 0 Å². The number of rotatable bonds is 3. The summed E-state index contributed by atoms with van der Waals surface area (Å²) < 4.78 is 5.22. The van der Waals surface area contributed by atoms with Gasteiger partial charge in [-0.2, -0.15) is 4.98 Å². The topological polar surface area (TPSA) is 76.7 Å². The molecule has 1 atom stereocenters. The number of aromatic nitrogens is 4. The number of nitrogens with one attached hydrogen (secondary N) is 1. The van der Waals surface area contributed by atoms with Crippen LogP contribution in [-0.2, 0) is 6.42 Å². The minimum Gasteiger partial charge on any atom is -0.339 e. The molecule has 3 rings (SSSR count). The standard InChI is InChI=1S/C11H13N5O/c1-2-12-6-8(1)5-10-15-11(16-17-10)9-7-13-3-4-14-9/h3-4,7-8,12H,1-2,5-6H2. The molecule has 0 amide bonds. The summed E-state index contributed by atoms with van der Waals surface area (Å²) in [5, 5.41) is 7.24. The first-order chi connectivity index (χ1) is 8.42. The fourth-order valence-electron chi connectivity index (χ4n) is 1.99. The predicted octanol–water partition coefficient (Wildman–Crippen LogP) is 0.679. The summed E-state index contributed by atoms with van der Waals surface area (Å²) in [6.45, 7) is 2.11. The fourth-order valence-corrected chi connectivity index (χ4v) is 1.99. The van der Waals surface area contributed by atoms with E-state index in [1.54, 1.807) is 18.6 Å². The first kappa shape index (κ1) is 10.3. The van der Waals surface area contributed by atoms with Crippen molar-refractivity contribution in [3.63, 3.8) is 0 Å². The monoisotopic (exact) mass is 231 g/mol. The minimum atomic E-state index is 0.513. The van der Waals surface area contributed by atoms with E-state index in [1.807, 2.05) is 0 Å². The van der Waals surface area contributed by atoms with Gasteiger partial charge in [-0.25, -0.2) is 4.98 Å². The van der Waals surface area contributed by atoms with Crippen LogP contribution in [0.25, 0.3) is 11.5 Å². The molecule has 1 saturated heterocycles. The van der Waals surface area contributed by atoms with Gasteiger partial charge in [0.25, 0.3) is 0 Å². The molecule has 1 N–H and O–H groups in total. The van der Waals surface area contributed by atoms with Gasteiger partial charge in [0.15, 0.2) is 0 Å². The molecule has 0 aromatic carbocycles. The number of hydrogen-bond donors (Lipinski definition) is 1. The summed E-state index contributed by atoms with van der Waals surface area (Å²) in [6.07, 6.45) is 6.87. The molecule has 0 radical (unpaired) electrons. The quantitative estimate of drug-likeness (QED) is 0.837. The van der Waals surface area contributed by atoms with E-state index in [-0.39, 0.29) is 0 Å². The van der Waals surface area contributed by atoms with E-state index in [0.29, 0.717) is 23.3 Å². The van der Waals surface area contributed by atoms with E-state index >= 15 is 0 Å². The molecule has 6 heteroatoms. The van der Waals surface area contributed by atoms with E-state index < -0.39 is 0 Å². The van der Waals surface area contributed by atoms with E-state index in [1.165, 1.54) is 6.42 Å². The predicted molar refractivity (Wildman–Crippen MR) is 60.0 cm³/mol. The van der Waals surface area contributed by atoms with Gasteiger partial charge in [-0.15, -0.1) is 0 Å². The first-order valence-corrected chi connectivity index (χ1v) is 5.71. The summed E-state index contributed by atoms with van der Waals surface area (Å²) in [5.41, 5.74) is 0.645. The molecular weight excluding hydrogens is 218 g/mol. The van der Waals surface area contributed by atoms with Crippen LogP contribution in [0.15, 0.2) is 23.1 Å². The molecule has 2 aromatic rings. The van der Waals surface area contributed by atoms with E-state index in [0.717, 1.165) is 19.5 Å². The Bertz CT molecular complexity index is 478. The second-order valence-corrected chi connectivity index (χ2v) is 4.17. The highest BCUT2D eigenvalue weighted by Gasteiger charge is 2.19. The third-order valence-corrected chi connectivity index (χ3v) is 2.89. The van der Waals surface area contributed by atoms with Gasteiger partial charge in [0.2, 0.25) is 11.7 Å². The summed E-state index contributed by atoms with van der Waals surface area (Å²) in [4.78, 5) is 12.4. The lowest BCUT2D eigenvalue weighted by atomic mass is 10.1. The van der Waals surface area contributed by atoms with Crippen LogP contribution in [-0.4, -0.2) is 33.2 Å². The highest BCUT2D eigenvalue weighted by molar-refractivity contribution is 5.45. The molecule has 1 fully saturated rings. The maximum atomic E-state index is 5.22. The largest absolute Gasteiger partial charge is 0.339 e. The third-order valence-electron chi connectivity index (χ3n) is 2.89. The zero-order chi connectivity index (χ0) is 11.5. The van der Waals surface area contributed by atoms with Gasteiger partial charge < -0.3 is 9.84 Å². The molecule has 0 aliphatic carbocycles. The lowest BCUT2D eigenvalue weighted by Crippen LogP contribution is -2.10. The van der Waals surface area contributed by atoms with Crippen molar-refractivity contribution >= 4 is 0 Å². The van der Waals surface area contributed by atoms with Crippen LogP contribution in [0, 0.1) is 5.92 Å². The molecule has 0 bridgehead atoms.